The van der Waals surface area contributed by atoms with Crippen LogP contribution in [-0.4, -0.2) is 55.0 Å². The number of ether oxygens (including phenoxy) is 1. The number of hydrogen-bond acceptors (Lipinski definition) is 4. The molecule has 0 aromatic heterocycles. The smallest absolute Gasteiger partial charge is 0.0613 e. The second-order valence-electron chi connectivity index (χ2n) is 6.09. The lowest BCUT2D eigenvalue weighted by molar-refractivity contribution is 0.0396. The molecule has 0 aromatic carbocycles. The van der Waals surface area contributed by atoms with Crippen molar-refractivity contribution in [1.82, 2.24) is 4.90 Å². The molecule has 2 unspecified atom stereocenters. The average Bonchev–Trinajstić information content (AvgIpc) is 2.79. The van der Waals surface area contributed by atoms with Gasteiger partial charge in [0.15, 0.2) is 0 Å². The van der Waals surface area contributed by atoms with Gasteiger partial charge in [0.1, 0.15) is 0 Å². The van der Waals surface area contributed by atoms with E-state index in [1.54, 1.807) is 0 Å². The highest BCUT2D eigenvalue weighted by Gasteiger charge is 2.38. The predicted octanol–water partition coefficient (Wildman–Crippen LogP) is 0.977. The van der Waals surface area contributed by atoms with Crippen molar-refractivity contribution >= 4 is 0 Å². The van der Waals surface area contributed by atoms with Crippen LogP contribution in [0, 0.1) is 5.92 Å². The van der Waals surface area contributed by atoms with Crippen molar-refractivity contribution in [2.75, 3.05) is 33.4 Å². The minimum absolute atomic E-state index is 0.138. The van der Waals surface area contributed by atoms with Gasteiger partial charge in [0.25, 0.3) is 0 Å². The summed E-state index contributed by atoms with van der Waals surface area (Å²) in [5, 5.41) is 9.45. The summed E-state index contributed by atoms with van der Waals surface area (Å²) in [7, 11) is 2.21. The summed E-state index contributed by atoms with van der Waals surface area (Å²) in [4.78, 5) is 2.46. The van der Waals surface area contributed by atoms with E-state index in [2.05, 4.69) is 11.9 Å². The molecule has 1 heterocycles. The molecule has 4 nitrogen and oxygen atoms in total. The van der Waals surface area contributed by atoms with Crippen molar-refractivity contribution in [3.05, 3.63) is 0 Å². The molecular formula is C14H28N2O2. The summed E-state index contributed by atoms with van der Waals surface area (Å²) in [6, 6.07) is 0.668. The van der Waals surface area contributed by atoms with Crippen molar-refractivity contribution in [2.45, 2.75) is 50.1 Å². The third-order valence-corrected chi connectivity index (χ3v) is 4.95. The minimum atomic E-state index is -0.309. The molecule has 0 aromatic rings. The van der Waals surface area contributed by atoms with Crippen LogP contribution in [0.5, 0.6) is 0 Å². The summed E-state index contributed by atoms with van der Waals surface area (Å²) >= 11 is 0. The lowest BCUT2D eigenvalue weighted by Crippen LogP contribution is -2.48. The number of nitrogens with two attached hydrogens (primary N) is 1. The highest BCUT2D eigenvalue weighted by Crippen LogP contribution is 2.35. The predicted molar refractivity (Wildman–Crippen MR) is 72.4 cm³/mol. The summed E-state index contributed by atoms with van der Waals surface area (Å²) in [5.74, 6) is 0.491. The molecule has 2 atom stereocenters. The van der Waals surface area contributed by atoms with Gasteiger partial charge in [-0.25, -0.2) is 0 Å². The fourth-order valence-corrected chi connectivity index (χ4v) is 3.48. The zero-order chi connectivity index (χ0) is 13.0. The molecule has 3 N–H and O–H groups in total. The van der Waals surface area contributed by atoms with Crippen molar-refractivity contribution in [3.63, 3.8) is 0 Å². The van der Waals surface area contributed by atoms with E-state index in [-0.39, 0.29) is 12.1 Å². The first-order valence-electron chi connectivity index (χ1n) is 7.33. The van der Waals surface area contributed by atoms with Crippen LogP contribution in [0.25, 0.3) is 0 Å². The van der Waals surface area contributed by atoms with Gasteiger partial charge in [0.05, 0.1) is 6.61 Å². The molecule has 2 aliphatic rings. The molecule has 1 aliphatic heterocycles. The van der Waals surface area contributed by atoms with Gasteiger partial charge >= 0.3 is 0 Å². The third kappa shape index (κ3) is 3.23. The van der Waals surface area contributed by atoms with E-state index in [4.69, 9.17) is 10.5 Å². The van der Waals surface area contributed by atoms with E-state index in [0.717, 1.165) is 45.4 Å². The van der Waals surface area contributed by atoms with Gasteiger partial charge in [-0.1, -0.05) is 6.42 Å². The Bertz CT molecular complexity index is 256. The monoisotopic (exact) mass is 256 g/mol. The minimum Gasteiger partial charge on any atom is -0.394 e. The van der Waals surface area contributed by atoms with Gasteiger partial charge < -0.3 is 20.5 Å². The molecule has 0 bridgehead atoms. The van der Waals surface area contributed by atoms with Crippen molar-refractivity contribution in [1.29, 1.82) is 0 Å². The van der Waals surface area contributed by atoms with E-state index in [9.17, 15) is 5.11 Å². The van der Waals surface area contributed by atoms with Crippen LogP contribution >= 0.6 is 0 Å². The lowest BCUT2D eigenvalue weighted by Gasteiger charge is -2.34. The Kier molecular flexibility index (Phi) is 5.01. The SMILES string of the molecule is CN(CCC1CCCC1(N)CO)C1CCOCC1. The van der Waals surface area contributed by atoms with Gasteiger partial charge in [-0.2, -0.15) is 0 Å². The summed E-state index contributed by atoms with van der Waals surface area (Å²) in [6.45, 7) is 3.03. The van der Waals surface area contributed by atoms with Crippen LogP contribution in [0.1, 0.15) is 38.5 Å². The zero-order valence-electron chi connectivity index (χ0n) is 11.6. The molecule has 0 radical (unpaired) electrons. The van der Waals surface area contributed by atoms with Crippen molar-refractivity contribution < 1.29 is 9.84 Å². The lowest BCUT2D eigenvalue weighted by atomic mass is 9.86. The molecular weight excluding hydrogens is 228 g/mol. The Hall–Kier alpha value is -0.160. The van der Waals surface area contributed by atoms with Gasteiger partial charge in [-0.05, 0) is 51.6 Å². The van der Waals surface area contributed by atoms with E-state index >= 15 is 0 Å². The van der Waals surface area contributed by atoms with Crippen LogP contribution in [0.4, 0.5) is 0 Å². The van der Waals surface area contributed by atoms with Crippen molar-refractivity contribution in [2.24, 2.45) is 11.7 Å². The van der Waals surface area contributed by atoms with Crippen molar-refractivity contribution in [3.8, 4) is 0 Å². The van der Waals surface area contributed by atoms with E-state index < -0.39 is 0 Å². The Morgan fingerprint density at radius 3 is 2.72 bits per heavy atom. The van der Waals surface area contributed by atoms with Gasteiger partial charge in [-0.15, -0.1) is 0 Å². The molecule has 1 saturated carbocycles. The molecule has 4 heteroatoms. The second kappa shape index (κ2) is 6.33. The fraction of sp³-hybridized carbons (Fsp3) is 1.00. The maximum Gasteiger partial charge on any atom is 0.0613 e. The molecule has 0 spiro atoms. The van der Waals surface area contributed by atoms with Gasteiger partial charge in [-0.3, -0.25) is 0 Å². The quantitative estimate of drug-likeness (QED) is 0.770. The molecule has 2 rings (SSSR count). The molecule has 0 amide bonds. The highest BCUT2D eigenvalue weighted by atomic mass is 16.5. The van der Waals surface area contributed by atoms with E-state index in [0.29, 0.717) is 12.0 Å². The highest BCUT2D eigenvalue weighted by molar-refractivity contribution is 4.96. The Morgan fingerprint density at radius 2 is 2.06 bits per heavy atom. The van der Waals surface area contributed by atoms with Crippen LogP contribution < -0.4 is 5.73 Å². The Labute approximate surface area is 110 Å². The average molecular weight is 256 g/mol. The molecule has 1 saturated heterocycles. The largest absolute Gasteiger partial charge is 0.394 e. The summed E-state index contributed by atoms with van der Waals surface area (Å²) in [6.07, 6.45) is 6.74. The number of rotatable bonds is 5. The summed E-state index contributed by atoms with van der Waals surface area (Å²) < 4.78 is 5.40. The first-order chi connectivity index (χ1) is 8.65. The second-order valence-corrected chi connectivity index (χ2v) is 6.09. The van der Waals surface area contributed by atoms with Gasteiger partial charge in [0.2, 0.25) is 0 Å². The standard InChI is InChI=1S/C14H28N2O2/c1-16(13-5-9-18-10-6-13)8-4-12-3-2-7-14(12,15)11-17/h12-13,17H,2-11,15H2,1H3. The molecule has 106 valence electrons. The first-order valence-corrected chi connectivity index (χ1v) is 7.33. The number of aliphatic hydroxyl groups excluding tert-OH is 1. The van der Waals surface area contributed by atoms with Gasteiger partial charge in [0, 0.05) is 24.8 Å². The van der Waals surface area contributed by atoms with Crippen LogP contribution in [-0.2, 0) is 4.74 Å². The van der Waals surface area contributed by atoms with Crippen LogP contribution in [0.2, 0.25) is 0 Å². The van der Waals surface area contributed by atoms with Crippen LogP contribution in [0.15, 0.2) is 0 Å². The Balaban J connectivity index is 1.76. The molecule has 1 aliphatic carbocycles. The number of aliphatic hydroxyl groups is 1. The normalized spacial score (nSPS) is 34.3. The number of hydrogen-bond donors (Lipinski definition) is 2. The summed E-state index contributed by atoms with van der Waals surface area (Å²) in [5.41, 5.74) is 5.97. The molecule has 2 fully saturated rings. The zero-order valence-corrected chi connectivity index (χ0v) is 11.6. The van der Waals surface area contributed by atoms with E-state index in [1.165, 1.54) is 12.8 Å². The Morgan fingerprint density at radius 1 is 1.33 bits per heavy atom. The fourth-order valence-electron chi connectivity index (χ4n) is 3.48. The van der Waals surface area contributed by atoms with E-state index in [1.807, 2.05) is 0 Å². The first kappa shape index (κ1) is 14.3. The van der Waals surface area contributed by atoms with Crippen LogP contribution in [0.3, 0.4) is 0 Å². The maximum atomic E-state index is 9.45. The number of nitrogens with zero attached hydrogens (tertiary/aromatic N) is 1. The topological polar surface area (TPSA) is 58.7 Å². The maximum absolute atomic E-state index is 9.45. The third-order valence-electron chi connectivity index (χ3n) is 4.95. The molecule has 18 heavy (non-hydrogen) atoms.